The van der Waals surface area contributed by atoms with Crippen LogP contribution >= 0.6 is 11.6 Å². The predicted molar refractivity (Wildman–Crippen MR) is 78.8 cm³/mol. The third-order valence-electron chi connectivity index (χ3n) is 2.87. The van der Waals surface area contributed by atoms with Crippen molar-refractivity contribution in [2.75, 3.05) is 20.0 Å². The van der Waals surface area contributed by atoms with Crippen LogP contribution in [0, 0.1) is 0 Å². The average molecular weight is 292 g/mol. The van der Waals surface area contributed by atoms with E-state index in [1.165, 1.54) is 14.2 Å². The number of hydrogen-bond donors (Lipinski definition) is 1. The highest BCUT2D eigenvalue weighted by molar-refractivity contribution is 6.35. The molecule has 0 spiro atoms. The van der Waals surface area contributed by atoms with E-state index < -0.39 is 0 Å². The summed E-state index contributed by atoms with van der Waals surface area (Å²) in [6, 6.07) is 9.85. The number of ketones is 1. The van der Waals surface area contributed by atoms with E-state index in [9.17, 15) is 4.79 Å². The Balaban J connectivity index is 2.49. The molecule has 0 aromatic heterocycles. The van der Waals surface area contributed by atoms with Crippen LogP contribution < -0.4 is 15.2 Å². The van der Waals surface area contributed by atoms with Crippen molar-refractivity contribution < 1.29 is 14.3 Å². The fraction of sp³-hybridized carbons (Fsp3) is 0.133. The zero-order valence-corrected chi connectivity index (χ0v) is 11.9. The molecule has 104 valence electrons. The van der Waals surface area contributed by atoms with E-state index in [2.05, 4.69) is 0 Å². The monoisotopic (exact) mass is 291 g/mol. The third kappa shape index (κ3) is 2.70. The number of nitrogen functional groups attached to an aromatic ring is 1. The molecule has 4 nitrogen and oxygen atoms in total. The molecule has 2 N–H and O–H groups in total. The number of hydrogen-bond acceptors (Lipinski definition) is 4. The topological polar surface area (TPSA) is 61.5 Å². The molecule has 0 aliphatic rings. The summed E-state index contributed by atoms with van der Waals surface area (Å²) in [5, 5.41) is 0.301. The second-order valence-corrected chi connectivity index (χ2v) is 4.55. The highest BCUT2D eigenvalue weighted by atomic mass is 35.5. The van der Waals surface area contributed by atoms with Crippen molar-refractivity contribution in [1.82, 2.24) is 0 Å². The molecule has 0 heterocycles. The summed E-state index contributed by atoms with van der Waals surface area (Å²) in [6.07, 6.45) is 0. The van der Waals surface area contributed by atoms with Crippen molar-refractivity contribution >= 4 is 23.1 Å². The first-order valence-corrected chi connectivity index (χ1v) is 6.26. The van der Waals surface area contributed by atoms with Gasteiger partial charge in [-0.25, -0.2) is 0 Å². The molecule has 0 atom stereocenters. The second-order valence-electron chi connectivity index (χ2n) is 4.14. The summed E-state index contributed by atoms with van der Waals surface area (Å²) in [5.41, 5.74) is 7.02. The minimum atomic E-state index is -0.219. The van der Waals surface area contributed by atoms with Crippen LogP contribution in [0.25, 0.3) is 0 Å². The van der Waals surface area contributed by atoms with Gasteiger partial charge >= 0.3 is 0 Å². The molecular weight excluding hydrogens is 278 g/mol. The Morgan fingerprint density at radius 2 is 1.75 bits per heavy atom. The first-order chi connectivity index (χ1) is 9.56. The van der Waals surface area contributed by atoms with Gasteiger partial charge in [0.25, 0.3) is 0 Å². The highest BCUT2D eigenvalue weighted by Crippen LogP contribution is 2.34. The van der Waals surface area contributed by atoms with E-state index in [1.54, 1.807) is 36.4 Å². The first-order valence-electron chi connectivity index (χ1n) is 5.88. The molecule has 0 aliphatic heterocycles. The molecule has 2 aromatic carbocycles. The van der Waals surface area contributed by atoms with Gasteiger partial charge in [0.05, 0.1) is 19.2 Å². The number of ether oxygens (including phenoxy) is 2. The fourth-order valence-corrected chi connectivity index (χ4v) is 2.10. The molecule has 2 rings (SSSR count). The quantitative estimate of drug-likeness (QED) is 0.694. The maximum absolute atomic E-state index is 12.5. The molecular formula is C15H14ClNO3. The van der Waals surface area contributed by atoms with Crippen molar-refractivity contribution in [3.8, 4) is 11.5 Å². The van der Waals surface area contributed by atoms with Gasteiger partial charge in [0.15, 0.2) is 17.3 Å². The summed E-state index contributed by atoms with van der Waals surface area (Å²) in [5.74, 6) is 0.703. The van der Waals surface area contributed by atoms with Crippen LogP contribution in [0.4, 0.5) is 5.69 Å². The van der Waals surface area contributed by atoms with Crippen LogP contribution in [-0.2, 0) is 0 Å². The molecule has 0 bridgehead atoms. The number of halogens is 1. The van der Waals surface area contributed by atoms with Crippen molar-refractivity contribution in [3.63, 3.8) is 0 Å². The number of nitrogens with two attached hydrogens (primary N) is 1. The molecule has 20 heavy (non-hydrogen) atoms. The van der Waals surface area contributed by atoms with E-state index in [1.807, 2.05) is 0 Å². The SMILES string of the molecule is COc1cc(Cl)c(C(=O)c2cccc(N)c2)cc1OC. The third-order valence-corrected chi connectivity index (χ3v) is 3.18. The van der Waals surface area contributed by atoms with Crippen LogP contribution in [0.5, 0.6) is 11.5 Å². The number of rotatable bonds is 4. The Bertz CT molecular complexity index is 656. The molecule has 2 aromatic rings. The van der Waals surface area contributed by atoms with Crippen LogP contribution in [0.15, 0.2) is 36.4 Å². The van der Waals surface area contributed by atoms with Crippen LogP contribution in [0.2, 0.25) is 5.02 Å². The molecule has 0 saturated heterocycles. The van der Waals surface area contributed by atoms with Crippen LogP contribution in [0.1, 0.15) is 15.9 Å². The first kappa shape index (κ1) is 14.2. The van der Waals surface area contributed by atoms with Gasteiger partial charge in [-0.3, -0.25) is 4.79 Å². The maximum Gasteiger partial charge on any atom is 0.194 e. The molecule has 0 aliphatic carbocycles. The standard InChI is InChI=1S/C15H14ClNO3/c1-19-13-7-11(12(16)8-14(13)20-2)15(18)9-4-3-5-10(17)6-9/h3-8H,17H2,1-2H3. The number of carbonyl (C=O) groups excluding carboxylic acids is 1. The summed E-state index contributed by atoms with van der Waals surface area (Å²) in [7, 11) is 3.01. The van der Waals surface area contributed by atoms with Gasteiger partial charge in [0.2, 0.25) is 0 Å². The van der Waals surface area contributed by atoms with Crippen LogP contribution in [0.3, 0.4) is 0 Å². The second kappa shape index (κ2) is 5.84. The minimum Gasteiger partial charge on any atom is -0.493 e. The van der Waals surface area contributed by atoms with Crippen molar-refractivity contribution in [1.29, 1.82) is 0 Å². The molecule has 5 heteroatoms. The number of carbonyl (C=O) groups is 1. The van der Waals surface area contributed by atoms with E-state index in [0.29, 0.717) is 33.3 Å². The Labute approximate surface area is 122 Å². The van der Waals surface area contributed by atoms with Crippen molar-refractivity contribution in [2.45, 2.75) is 0 Å². The number of benzene rings is 2. The number of methoxy groups -OCH3 is 2. The summed E-state index contributed by atoms with van der Waals surface area (Å²) < 4.78 is 10.3. The molecule has 0 fully saturated rings. The summed E-state index contributed by atoms with van der Waals surface area (Å²) >= 11 is 6.13. The van der Waals surface area contributed by atoms with E-state index in [-0.39, 0.29) is 5.78 Å². The van der Waals surface area contributed by atoms with Crippen molar-refractivity contribution in [2.24, 2.45) is 0 Å². The van der Waals surface area contributed by atoms with Gasteiger partial charge in [0.1, 0.15) is 0 Å². The van der Waals surface area contributed by atoms with Gasteiger partial charge in [-0.05, 0) is 18.2 Å². The highest BCUT2D eigenvalue weighted by Gasteiger charge is 2.17. The maximum atomic E-state index is 12.5. The zero-order chi connectivity index (χ0) is 14.7. The molecule has 0 saturated carbocycles. The van der Waals surface area contributed by atoms with Gasteiger partial charge < -0.3 is 15.2 Å². The molecule has 0 radical (unpaired) electrons. The van der Waals surface area contributed by atoms with E-state index in [4.69, 9.17) is 26.8 Å². The summed E-state index contributed by atoms with van der Waals surface area (Å²) in [6.45, 7) is 0. The lowest BCUT2D eigenvalue weighted by Gasteiger charge is -2.11. The Morgan fingerprint density at radius 1 is 1.10 bits per heavy atom. The smallest absolute Gasteiger partial charge is 0.194 e. The Morgan fingerprint density at radius 3 is 2.35 bits per heavy atom. The van der Waals surface area contributed by atoms with E-state index >= 15 is 0 Å². The minimum absolute atomic E-state index is 0.219. The van der Waals surface area contributed by atoms with Crippen molar-refractivity contribution in [3.05, 3.63) is 52.5 Å². The largest absolute Gasteiger partial charge is 0.493 e. The Hall–Kier alpha value is -2.20. The molecule has 0 unspecified atom stereocenters. The lowest BCUT2D eigenvalue weighted by molar-refractivity contribution is 0.103. The van der Waals surface area contributed by atoms with Gasteiger partial charge in [-0.1, -0.05) is 23.7 Å². The zero-order valence-electron chi connectivity index (χ0n) is 11.1. The lowest BCUT2D eigenvalue weighted by Crippen LogP contribution is -2.04. The lowest BCUT2D eigenvalue weighted by atomic mass is 10.0. The van der Waals surface area contributed by atoms with E-state index in [0.717, 1.165) is 0 Å². The van der Waals surface area contributed by atoms with Crippen LogP contribution in [-0.4, -0.2) is 20.0 Å². The number of anilines is 1. The molecule has 0 amide bonds. The average Bonchev–Trinajstić information content (AvgIpc) is 2.46. The Kier molecular flexibility index (Phi) is 4.15. The van der Waals surface area contributed by atoms with Gasteiger partial charge in [0, 0.05) is 22.9 Å². The normalized spacial score (nSPS) is 10.2. The predicted octanol–water partition coefficient (Wildman–Crippen LogP) is 3.17. The summed E-state index contributed by atoms with van der Waals surface area (Å²) in [4.78, 5) is 12.5. The van der Waals surface area contributed by atoms with Gasteiger partial charge in [-0.2, -0.15) is 0 Å². The fourth-order valence-electron chi connectivity index (χ4n) is 1.86. The van der Waals surface area contributed by atoms with Gasteiger partial charge in [-0.15, -0.1) is 0 Å².